The van der Waals surface area contributed by atoms with Crippen molar-refractivity contribution in [3.8, 4) is 0 Å². The minimum absolute atomic E-state index is 0.407. The number of nitrogens with one attached hydrogen (secondary N) is 1. The van der Waals surface area contributed by atoms with E-state index < -0.39 is 6.09 Å². The van der Waals surface area contributed by atoms with Crippen molar-refractivity contribution in [1.29, 1.82) is 0 Å². The summed E-state index contributed by atoms with van der Waals surface area (Å²) in [5, 5.41) is 2.25. The van der Waals surface area contributed by atoms with Crippen molar-refractivity contribution in [3.63, 3.8) is 0 Å². The molecule has 0 bridgehead atoms. The first-order valence-electron chi connectivity index (χ1n) is 7.18. The third-order valence-electron chi connectivity index (χ3n) is 3.61. The Kier molecular flexibility index (Phi) is 9.61. The number of methoxy groups -OCH3 is 2. The van der Waals surface area contributed by atoms with Gasteiger partial charge in [0, 0.05) is 19.7 Å². The van der Waals surface area contributed by atoms with Crippen LogP contribution in [0.2, 0.25) is 0 Å². The Bertz CT molecular complexity index is 231. The smallest absolute Gasteiger partial charge is 0.406 e. The van der Waals surface area contributed by atoms with Gasteiger partial charge in [0.15, 0.2) is 0 Å². The third kappa shape index (κ3) is 5.37. The first kappa shape index (κ1) is 18.2. The molecule has 1 N–H and O–H groups in total. The van der Waals surface area contributed by atoms with E-state index in [4.69, 9.17) is 4.74 Å². The summed E-state index contributed by atoms with van der Waals surface area (Å²) in [6.45, 7) is 7.57. The van der Waals surface area contributed by atoms with E-state index >= 15 is 0 Å². The van der Waals surface area contributed by atoms with Crippen molar-refractivity contribution in [2.75, 3.05) is 41.0 Å². The van der Waals surface area contributed by atoms with Gasteiger partial charge in [-0.25, -0.2) is 4.79 Å². The molecule has 0 aromatic rings. The van der Waals surface area contributed by atoms with E-state index in [0.29, 0.717) is 5.54 Å². The SMILES string of the molecule is CC.CNC(=O)OC.COCC12CCCN1CCC2. The minimum Gasteiger partial charge on any atom is -0.453 e. The zero-order chi connectivity index (χ0) is 14.7. The lowest BCUT2D eigenvalue weighted by atomic mass is 9.95. The van der Waals surface area contributed by atoms with Gasteiger partial charge in [0.05, 0.1) is 13.7 Å². The van der Waals surface area contributed by atoms with E-state index in [1.807, 2.05) is 21.0 Å². The second-order valence-electron chi connectivity index (χ2n) is 4.59. The number of fused-ring (bicyclic) bond motifs is 1. The second kappa shape index (κ2) is 10.0. The van der Waals surface area contributed by atoms with Crippen LogP contribution in [0.3, 0.4) is 0 Å². The van der Waals surface area contributed by atoms with E-state index in [-0.39, 0.29) is 0 Å². The standard InChI is InChI=1S/C9H17NO.C3H7NO2.C2H6/c1-11-8-9-4-2-6-10(9)7-3-5-9;1-4-3(5)6-2;1-2/h2-8H2,1H3;1-2H3,(H,4,5);1-2H3. The molecule has 2 aliphatic rings. The van der Waals surface area contributed by atoms with Crippen LogP contribution in [0.1, 0.15) is 39.5 Å². The maximum Gasteiger partial charge on any atom is 0.406 e. The van der Waals surface area contributed by atoms with Gasteiger partial charge in [-0.1, -0.05) is 13.8 Å². The van der Waals surface area contributed by atoms with Crippen LogP contribution in [0.15, 0.2) is 0 Å². The van der Waals surface area contributed by atoms with Gasteiger partial charge >= 0.3 is 6.09 Å². The van der Waals surface area contributed by atoms with Gasteiger partial charge in [-0.3, -0.25) is 4.90 Å². The summed E-state index contributed by atoms with van der Waals surface area (Å²) in [4.78, 5) is 12.5. The molecule has 1 amide bonds. The zero-order valence-corrected chi connectivity index (χ0v) is 13.1. The van der Waals surface area contributed by atoms with Crippen molar-refractivity contribution >= 4 is 6.09 Å². The number of alkyl carbamates (subject to hydrolysis) is 1. The molecule has 0 aromatic carbocycles. The van der Waals surface area contributed by atoms with Crippen molar-refractivity contribution in [2.24, 2.45) is 0 Å². The average Bonchev–Trinajstić information content (AvgIpc) is 3.00. The normalized spacial score (nSPS) is 19.4. The lowest BCUT2D eigenvalue weighted by Crippen LogP contribution is -2.42. The van der Waals surface area contributed by atoms with Crippen molar-refractivity contribution in [1.82, 2.24) is 10.2 Å². The highest BCUT2D eigenvalue weighted by molar-refractivity contribution is 5.66. The van der Waals surface area contributed by atoms with E-state index in [0.717, 1.165) is 6.61 Å². The third-order valence-corrected chi connectivity index (χ3v) is 3.61. The summed E-state index contributed by atoms with van der Waals surface area (Å²) in [5.41, 5.74) is 0.467. The summed E-state index contributed by atoms with van der Waals surface area (Å²) >= 11 is 0. The summed E-state index contributed by atoms with van der Waals surface area (Å²) in [6, 6.07) is 0. The summed E-state index contributed by atoms with van der Waals surface area (Å²) in [6.07, 6.45) is 5.07. The number of rotatable bonds is 2. The van der Waals surface area contributed by atoms with E-state index in [2.05, 4.69) is 15.0 Å². The lowest BCUT2D eigenvalue weighted by Gasteiger charge is -2.30. The van der Waals surface area contributed by atoms with Gasteiger partial charge < -0.3 is 14.8 Å². The molecule has 2 fully saturated rings. The van der Waals surface area contributed by atoms with Crippen molar-refractivity contribution < 1.29 is 14.3 Å². The molecule has 19 heavy (non-hydrogen) atoms. The highest BCUT2D eigenvalue weighted by atomic mass is 16.5. The number of carbonyl (C=O) groups excluding carboxylic acids is 1. The summed E-state index contributed by atoms with van der Waals surface area (Å²) in [7, 11) is 4.65. The highest BCUT2D eigenvalue weighted by Crippen LogP contribution is 2.38. The molecule has 0 aromatic heterocycles. The molecule has 5 heteroatoms. The van der Waals surface area contributed by atoms with Crippen molar-refractivity contribution in [2.45, 2.75) is 45.1 Å². The molecule has 2 aliphatic heterocycles. The van der Waals surface area contributed by atoms with Crippen LogP contribution in [0.25, 0.3) is 0 Å². The first-order chi connectivity index (χ1) is 9.18. The molecule has 0 atom stereocenters. The predicted molar refractivity (Wildman–Crippen MR) is 77.5 cm³/mol. The van der Waals surface area contributed by atoms with Crippen LogP contribution in [0.5, 0.6) is 0 Å². The molecule has 0 unspecified atom stereocenters. The van der Waals surface area contributed by atoms with Crippen LogP contribution >= 0.6 is 0 Å². The highest BCUT2D eigenvalue weighted by Gasteiger charge is 2.43. The van der Waals surface area contributed by atoms with Gasteiger partial charge in [-0.15, -0.1) is 0 Å². The molecule has 2 heterocycles. The number of amides is 1. The Labute approximate surface area is 117 Å². The number of hydrogen-bond acceptors (Lipinski definition) is 4. The van der Waals surface area contributed by atoms with Gasteiger partial charge in [0.1, 0.15) is 0 Å². The minimum atomic E-state index is -0.407. The Morgan fingerprint density at radius 2 is 1.74 bits per heavy atom. The molecule has 114 valence electrons. The lowest BCUT2D eigenvalue weighted by molar-refractivity contribution is 0.0655. The Balaban J connectivity index is 0.000000350. The number of hydrogen-bond donors (Lipinski definition) is 1. The fourth-order valence-corrected chi connectivity index (χ4v) is 2.83. The monoisotopic (exact) mass is 274 g/mol. The van der Waals surface area contributed by atoms with Gasteiger partial charge in [0.25, 0.3) is 0 Å². The molecule has 0 aliphatic carbocycles. The number of carbonyl (C=O) groups is 1. The molecule has 0 spiro atoms. The molecular weight excluding hydrogens is 244 g/mol. The Morgan fingerprint density at radius 1 is 1.21 bits per heavy atom. The second-order valence-corrected chi connectivity index (χ2v) is 4.59. The topological polar surface area (TPSA) is 50.8 Å². The van der Waals surface area contributed by atoms with Crippen LogP contribution in [0.4, 0.5) is 4.79 Å². The fraction of sp³-hybridized carbons (Fsp3) is 0.929. The van der Waals surface area contributed by atoms with Gasteiger partial charge in [0.2, 0.25) is 0 Å². The maximum absolute atomic E-state index is 9.85. The van der Waals surface area contributed by atoms with Crippen LogP contribution in [-0.2, 0) is 9.47 Å². The van der Waals surface area contributed by atoms with Crippen LogP contribution < -0.4 is 5.32 Å². The fourth-order valence-electron chi connectivity index (χ4n) is 2.83. The molecule has 2 saturated heterocycles. The molecular formula is C14H30N2O3. The Morgan fingerprint density at radius 3 is 2.05 bits per heavy atom. The largest absolute Gasteiger partial charge is 0.453 e. The summed E-state index contributed by atoms with van der Waals surface area (Å²) in [5.74, 6) is 0. The maximum atomic E-state index is 9.85. The van der Waals surface area contributed by atoms with Gasteiger partial charge in [-0.05, 0) is 38.8 Å². The average molecular weight is 274 g/mol. The van der Waals surface area contributed by atoms with Crippen LogP contribution in [0, 0.1) is 0 Å². The summed E-state index contributed by atoms with van der Waals surface area (Å²) < 4.78 is 9.44. The van der Waals surface area contributed by atoms with Crippen LogP contribution in [-0.4, -0.2) is 57.5 Å². The van der Waals surface area contributed by atoms with Gasteiger partial charge in [-0.2, -0.15) is 0 Å². The molecule has 2 rings (SSSR count). The zero-order valence-electron chi connectivity index (χ0n) is 13.1. The molecule has 0 radical (unpaired) electrons. The van der Waals surface area contributed by atoms with Crippen molar-refractivity contribution in [3.05, 3.63) is 0 Å². The molecule has 5 nitrogen and oxygen atoms in total. The number of nitrogens with zero attached hydrogens (tertiary/aromatic N) is 1. The Hall–Kier alpha value is -0.810. The molecule has 0 saturated carbocycles. The predicted octanol–water partition coefficient (Wildman–Crippen LogP) is 2.26. The van der Waals surface area contributed by atoms with E-state index in [1.165, 1.54) is 52.9 Å². The first-order valence-corrected chi connectivity index (χ1v) is 7.18. The van der Waals surface area contributed by atoms with E-state index in [1.54, 1.807) is 0 Å². The number of ether oxygens (including phenoxy) is 2. The van der Waals surface area contributed by atoms with E-state index in [9.17, 15) is 4.79 Å². The quantitative estimate of drug-likeness (QED) is 0.839.